The summed E-state index contributed by atoms with van der Waals surface area (Å²) in [7, 11) is 0. The van der Waals surface area contributed by atoms with E-state index in [4.69, 9.17) is 11.0 Å². The maximum Gasteiger partial charge on any atom is 0.145 e. The third-order valence-corrected chi connectivity index (χ3v) is 2.73. The molecule has 1 aromatic carbocycles. The molecule has 1 heterocycles. The summed E-state index contributed by atoms with van der Waals surface area (Å²) in [5.74, 6) is 0.874. The van der Waals surface area contributed by atoms with Crippen molar-refractivity contribution in [3.8, 4) is 11.8 Å². The van der Waals surface area contributed by atoms with Crippen LogP contribution in [0.1, 0.15) is 30.9 Å². The molecule has 0 saturated carbocycles. The Kier molecular flexibility index (Phi) is 2.84. The van der Waals surface area contributed by atoms with Crippen LogP contribution in [0.5, 0.6) is 0 Å². The molecule has 0 aliphatic heterocycles. The molecule has 0 unspecified atom stereocenters. The van der Waals surface area contributed by atoms with Crippen molar-refractivity contribution in [3.63, 3.8) is 0 Å². The second kappa shape index (κ2) is 4.30. The standard InChI is InChI=1S/C13H14N4/c1-9(2)10-3-5-12(6-4-10)17-13(15)11(7-14)8-16-17/h3-6,8-9H,15H2,1-2H3. The highest BCUT2D eigenvalue weighted by Crippen LogP contribution is 2.19. The van der Waals surface area contributed by atoms with Gasteiger partial charge in [-0.15, -0.1) is 0 Å². The van der Waals surface area contributed by atoms with Gasteiger partial charge in [0.25, 0.3) is 0 Å². The van der Waals surface area contributed by atoms with Crippen LogP contribution in [0.25, 0.3) is 5.69 Å². The summed E-state index contributed by atoms with van der Waals surface area (Å²) in [5, 5.41) is 12.9. The van der Waals surface area contributed by atoms with Gasteiger partial charge in [-0.3, -0.25) is 0 Å². The van der Waals surface area contributed by atoms with Crippen LogP contribution in [0.4, 0.5) is 5.82 Å². The van der Waals surface area contributed by atoms with E-state index in [-0.39, 0.29) is 0 Å². The van der Waals surface area contributed by atoms with Gasteiger partial charge in [-0.25, -0.2) is 4.68 Å². The van der Waals surface area contributed by atoms with E-state index in [2.05, 4.69) is 18.9 Å². The average molecular weight is 226 g/mol. The highest BCUT2D eigenvalue weighted by molar-refractivity contribution is 5.52. The number of nitriles is 1. The van der Waals surface area contributed by atoms with Gasteiger partial charge in [-0.05, 0) is 23.6 Å². The quantitative estimate of drug-likeness (QED) is 0.855. The summed E-state index contributed by atoms with van der Waals surface area (Å²) in [6.45, 7) is 4.29. The Labute approximate surface area is 100 Å². The Morgan fingerprint density at radius 1 is 1.29 bits per heavy atom. The Hall–Kier alpha value is -2.28. The van der Waals surface area contributed by atoms with Gasteiger partial charge in [0, 0.05) is 0 Å². The van der Waals surface area contributed by atoms with Crippen molar-refractivity contribution in [2.24, 2.45) is 0 Å². The zero-order valence-corrected chi connectivity index (χ0v) is 9.88. The lowest BCUT2D eigenvalue weighted by Crippen LogP contribution is -2.02. The second-order valence-electron chi connectivity index (χ2n) is 4.21. The first-order valence-corrected chi connectivity index (χ1v) is 5.47. The van der Waals surface area contributed by atoms with Crippen molar-refractivity contribution in [1.82, 2.24) is 9.78 Å². The van der Waals surface area contributed by atoms with Gasteiger partial charge < -0.3 is 5.73 Å². The Morgan fingerprint density at radius 3 is 2.41 bits per heavy atom. The molecule has 0 aliphatic rings. The van der Waals surface area contributed by atoms with Crippen LogP contribution in [0.3, 0.4) is 0 Å². The van der Waals surface area contributed by atoms with Crippen molar-refractivity contribution in [2.75, 3.05) is 5.73 Å². The lowest BCUT2D eigenvalue weighted by molar-refractivity contribution is 0.857. The first-order chi connectivity index (χ1) is 8.13. The van der Waals surface area contributed by atoms with Gasteiger partial charge in [-0.2, -0.15) is 10.4 Å². The van der Waals surface area contributed by atoms with Crippen LogP contribution in [0.15, 0.2) is 30.5 Å². The number of nitrogens with zero attached hydrogens (tertiary/aromatic N) is 3. The number of hydrogen-bond donors (Lipinski definition) is 1. The summed E-state index contributed by atoms with van der Waals surface area (Å²) >= 11 is 0. The fraction of sp³-hybridized carbons (Fsp3) is 0.231. The molecule has 86 valence electrons. The van der Waals surface area contributed by atoms with E-state index in [1.165, 1.54) is 11.8 Å². The van der Waals surface area contributed by atoms with E-state index < -0.39 is 0 Å². The fourth-order valence-corrected chi connectivity index (χ4v) is 1.65. The maximum atomic E-state index is 8.81. The molecule has 0 bridgehead atoms. The van der Waals surface area contributed by atoms with Gasteiger partial charge >= 0.3 is 0 Å². The minimum Gasteiger partial charge on any atom is -0.382 e. The van der Waals surface area contributed by atoms with Gasteiger partial charge in [-0.1, -0.05) is 26.0 Å². The molecule has 0 aliphatic carbocycles. The number of hydrogen-bond acceptors (Lipinski definition) is 3. The van der Waals surface area contributed by atoms with Gasteiger partial charge in [0.15, 0.2) is 0 Å². The van der Waals surface area contributed by atoms with E-state index in [0.717, 1.165) is 5.69 Å². The first-order valence-electron chi connectivity index (χ1n) is 5.47. The third-order valence-electron chi connectivity index (χ3n) is 2.73. The van der Waals surface area contributed by atoms with E-state index >= 15 is 0 Å². The lowest BCUT2D eigenvalue weighted by Gasteiger charge is -2.08. The highest BCUT2D eigenvalue weighted by Gasteiger charge is 2.08. The molecule has 17 heavy (non-hydrogen) atoms. The zero-order valence-electron chi connectivity index (χ0n) is 9.88. The molecule has 1 aromatic heterocycles. The monoisotopic (exact) mass is 226 g/mol. The van der Waals surface area contributed by atoms with Crippen LogP contribution in [0.2, 0.25) is 0 Å². The molecule has 0 atom stereocenters. The van der Waals surface area contributed by atoms with Crippen LogP contribution in [0, 0.1) is 11.3 Å². The molecule has 0 fully saturated rings. The number of nitrogen functional groups attached to an aromatic ring is 1. The maximum absolute atomic E-state index is 8.81. The van der Waals surface area contributed by atoms with Crippen LogP contribution in [-0.2, 0) is 0 Å². The van der Waals surface area contributed by atoms with E-state index in [9.17, 15) is 0 Å². The summed E-state index contributed by atoms with van der Waals surface area (Å²) < 4.78 is 1.57. The van der Waals surface area contributed by atoms with Crippen molar-refractivity contribution in [1.29, 1.82) is 5.26 Å². The van der Waals surface area contributed by atoms with Gasteiger partial charge in [0.2, 0.25) is 0 Å². The SMILES string of the molecule is CC(C)c1ccc(-n2ncc(C#N)c2N)cc1. The molecule has 2 rings (SSSR count). The molecule has 0 radical (unpaired) electrons. The summed E-state index contributed by atoms with van der Waals surface area (Å²) in [5.41, 5.74) is 8.36. The average Bonchev–Trinajstić information content (AvgIpc) is 2.70. The van der Waals surface area contributed by atoms with Crippen molar-refractivity contribution in [2.45, 2.75) is 19.8 Å². The summed E-state index contributed by atoms with van der Waals surface area (Å²) in [6, 6.07) is 10.0. The van der Waals surface area contributed by atoms with Crippen LogP contribution >= 0.6 is 0 Å². The zero-order chi connectivity index (χ0) is 12.4. The Bertz CT molecular complexity index is 558. The molecule has 2 N–H and O–H groups in total. The number of benzene rings is 1. The molecule has 0 saturated heterocycles. The number of nitrogens with two attached hydrogens (primary N) is 1. The molecule has 0 spiro atoms. The largest absolute Gasteiger partial charge is 0.382 e. The topological polar surface area (TPSA) is 67.6 Å². The van der Waals surface area contributed by atoms with Crippen LogP contribution < -0.4 is 5.73 Å². The summed E-state index contributed by atoms with van der Waals surface area (Å²) in [4.78, 5) is 0. The Morgan fingerprint density at radius 2 is 1.94 bits per heavy atom. The molecule has 2 aromatic rings. The third kappa shape index (κ3) is 2.00. The lowest BCUT2D eigenvalue weighted by atomic mass is 10.0. The van der Waals surface area contributed by atoms with Crippen LogP contribution in [-0.4, -0.2) is 9.78 Å². The van der Waals surface area contributed by atoms with Crippen molar-refractivity contribution in [3.05, 3.63) is 41.6 Å². The van der Waals surface area contributed by atoms with E-state index in [0.29, 0.717) is 17.3 Å². The normalized spacial score (nSPS) is 10.5. The molecular weight excluding hydrogens is 212 g/mol. The second-order valence-corrected chi connectivity index (χ2v) is 4.21. The van der Waals surface area contributed by atoms with Gasteiger partial charge in [0.1, 0.15) is 17.5 Å². The minimum absolute atomic E-state index is 0.379. The highest BCUT2D eigenvalue weighted by atomic mass is 15.3. The van der Waals surface area contributed by atoms with Gasteiger partial charge in [0.05, 0.1) is 11.9 Å². The minimum atomic E-state index is 0.379. The van der Waals surface area contributed by atoms with Crippen molar-refractivity contribution >= 4 is 5.82 Å². The predicted octanol–water partition coefficient (Wildman–Crippen LogP) is 2.45. The smallest absolute Gasteiger partial charge is 0.145 e. The Balaban J connectivity index is 2.40. The molecular formula is C13H14N4. The number of rotatable bonds is 2. The van der Waals surface area contributed by atoms with E-state index in [1.54, 1.807) is 4.68 Å². The molecule has 4 nitrogen and oxygen atoms in total. The predicted molar refractivity (Wildman–Crippen MR) is 66.8 cm³/mol. The number of aromatic nitrogens is 2. The molecule has 4 heteroatoms. The first kappa shape index (κ1) is 11.2. The molecule has 0 amide bonds. The summed E-state index contributed by atoms with van der Waals surface area (Å²) in [6.07, 6.45) is 1.48. The number of anilines is 1. The fourth-order valence-electron chi connectivity index (χ4n) is 1.65. The van der Waals surface area contributed by atoms with E-state index in [1.807, 2.05) is 30.3 Å². The van der Waals surface area contributed by atoms with Crippen molar-refractivity contribution < 1.29 is 0 Å².